The Balaban J connectivity index is 1.19. The number of H-pyrrole nitrogens is 1. The van der Waals surface area contributed by atoms with Gasteiger partial charge in [-0.3, -0.25) is 24.4 Å². The summed E-state index contributed by atoms with van der Waals surface area (Å²) < 4.78 is 20.5. The maximum atomic E-state index is 15.1. The van der Waals surface area contributed by atoms with Gasteiger partial charge in [0.15, 0.2) is 5.78 Å². The van der Waals surface area contributed by atoms with Crippen molar-refractivity contribution in [2.75, 3.05) is 23.3 Å². The van der Waals surface area contributed by atoms with Crippen LogP contribution in [0, 0.1) is 5.82 Å². The quantitative estimate of drug-likeness (QED) is 0.272. The largest absolute Gasteiger partial charge is 0.442 e. The van der Waals surface area contributed by atoms with Crippen LogP contribution in [0.1, 0.15) is 30.1 Å². The van der Waals surface area contributed by atoms with E-state index in [-0.39, 0.29) is 49.1 Å². The van der Waals surface area contributed by atoms with Crippen LogP contribution in [0.4, 0.5) is 20.6 Å². The van der Waals surface area contributed by atoms with Crippen molar-refractivity contribution in [1.29, 1.82) is 0 Å². The van der Waals surface area contributed by atoms with E-state index in [2.05, 4.69) is 26.0 Å². The van der Waals surface area contributed by atoms with E-state index in [0.717, 1.165) is 0 Å². The number of nitrogens with zero attached hydrogens (tertiary/aromatic N) is 3. The number of cyclic esters (lactones) is 1. The molecule has 40 heavy (non-hydrogen) atoms. The molecule has 1 aliphatic heterocycles. The van der Waals surface area contributed by atoms with Crippen molar-refractivity contribution >= 4 is 46.1 Å². The summed E-state index contributed by atoms with van der Waals surface area (Å²) in [6, 6.07) is 16.0. The number of carbonyl (C=O) groups excluding carboxylic acids is 4. The van der Waals surface area contributed by atoms with Crippen LogP contribution >= 0.6 is 0 Å². The standard InChI is InChI=1S/C28H25FN6O5/c1-16(36)31-18-10-8-17(9-11-18)24(37)12-13-25(38)30-14-19-15-35(28(39)40-19)23-7-3-5-21(29)26(23)20-4-2-6-22-27(20)33-34-32-22/h2-11,19H,12-15H2,1H3,(H,30,38)(H,31,36)(H,32,33,34)/t19-/m0/s1. The highest BCUT2D eigenvalue weighted by molar-refractivity contribution is 6.01. The first-order chi connectivity index (χ1) is 19.3. The number of ether oxygens (including phenoxy) is 1. The van der Waals surface area contributed by atoms with Gasteiger partial charge < -0.3 is 15.4 Å². The molecule has 5 rings (SSSR count). The molecule has 3 aromatic carbocycles. The molecule has 0 unspecified atom stereocenters. The number of rotatable bonds is 9. The summed E-state index contributed by atoms with van der Waals surface area (Å²) in [7, 11) is 0. The Kier molecular flexibility index (Phi) is 7.49. The van der Waals surface area contributed by atoms with Gasteiger partial charge >= 0.3 is 6.09 Å². The Morgan fingerprint density at radius 1 is 1.07 bits per heavy atom. The number of hydrogen-bond acceptors (Lipinski definition) is 7. The van der Waals surface area contributed by atoms with Crippen LogP contribution in [0.25, 0.3) is 22.2 Å². The molecule has 12 heteroatoms. The molecule has 0 radical (unpaired) electrons. The van der Waals surface area contributed by atoms with E-state index in [0.29, 0.717) is 33.5 Å². The number of amides is 3. The fourth-order valence-electron chi connectivity index (χ4n) is 4.53. The second-order valence-electron chi connectivity index (χ2n) is 9.25. The van der Waals surface area contributed by atoms with E-state index >= 15 is 4.39 Å². The molecule has 0 spiro atoms. The van der Waals surface area contributed by atoms with Crippen molar-refractivity contribution in [2.24, 2.45) is 0 Å². The SMILES string of the molecule is CC(=O)Nc1ccc(C(=O)CCC(=O)NC[C@H]2CN(c3cccc(F)c3-c3cccc4[nH]nnc34)C(=O)O2)cc1. The summed E-state index contributed by atoms with van der Waals surface area (Å²) in [6.45, 7) is 1.51. The molecular weight excluding hydrogens is 519 g/mol. The topological polar surface area (TPSA) is 146 Å². The van der Waals surface area contributed by atoms with E-state index in [9.17, 15) is 19.2 Å². The van der Waals surface area contributed by atoms with Crippen LogP contribution in [0.2, 0.25) is 0 Å². The second-order valence-corrected chi connectivity index (χ2v) is 9.25. The van der Waals surface area contributed by atoms with Gasteiger partial charge in [0.2, 0.25) is 11.8 Å². The highest BCUT2D eigenvalue weighted by Gasteiger charge is 2.35. The van der Waals surface area contributed by atoms with Crippen molar-refractivity contribution in [3.63, 3.8) is 0 Å². The molecule has 0 bridgehead atoms. The molecule has 2 heterocycles. The van der Waals surface area contributed by atoms with Crippen LogP contribution in [0.3, 0.4) is 0 Å². The number of ketones is 1. The van der Waals surface area contributed by atoms with Gasteiger partial charge in [-0.05, 0) is 42.5 Å². The average Bonchev–Trinajstić information content (AvgIpc) is 3.57. The van der Waals surface area contributed by atoms with E-state index in [1.807, 2.05) is 0 Å². The lowest BCUT2D eigenvalue weighted by molar-refractivity contribution is -0.121. The fraction of sp³-hybridized carbons (Fsp3) is 0.214. The number of Topliss-reactive ketones (excluding diaryl/α,β-unsaturated/α-hetero) is 1. The van der Waals surface area contributed by atoms with Crippen molar-refractivity contribution in [3.05, 3.63) is 72.0 Å². The third kappa shape index (κ3) is 5.65. The summed E-state index contributed by atoms with van der Waals surface area (Å²) in [5.74, 6) is -1.34. The van der Waals surface area contributed by atoms with Crippen LogP contribution in [0.5, 0.6) is 0 Å². The summed E-state index contributed by atoms with van der Waals surface area (Å²) in [4.78, 5) is 50.0. The van der Waals surface area contributed by atoms with Crippen LogP contribution in [0.15, 0.2) is 60.7 Å². The first kappa shape index (κ1) is 26.5. The molecule has 204 valence electrons. The van der Waals surface area contributed by atoms with Crippen LogP contribution < -0.4 is 15.5 Å². The third-order valence-corrected chi connectivity index (χ3v) is 6.42. The Hall–Kier alpha value is -5.13. The number of aromatic nitrogens is 3. The van der Waals surface area contributed by atoms with Crippen molar-refractivity contribution < 1.29 is 28.3 Å². The Morgan fingerprint density at radius 3 is 2.62 bits per heavy atom. The van der Waals surface area contributed by atoms with Gasteiger partial charge in [0.25, 0.3) is 0 Å². The van der Waals surface area contributed by atoms with E-state index < -0.39 is 18.0 Å². The zero-order valence-electron chi connectivity index (χ0n) is 21.4. The third-order valence-electron chi connectivity index (χ3n) is 6.42. The predicted octanol–water partition coefficient (Wildman–Crippen LogP) is 3.83. The van der Waals surface area contributed by atoms with Crippen molar-refractivity contribution in [2.45, 2.75) is 25.9 Å². The zero-order chi connectivity index (χ0) is 28.2. The summed E-state index contributed by atoms with van der Waals surface area (Å²) in [6.07, 6.45) is -1.40. The highest BCUT2D eigenvalue weighted by Crippen LogP contribution is 2.38. The number of fused-ring (bicyclic) bond motifs is 1. The Morgan fingerprint density at radius 2 is 1.85 bits per heavy atom. The molecule has 1 aliphatic rings. The van der Waals surface area contributed by atoms with Gasteiger partial charge in [-0.1, -0.05) is 23.4 Å². The maximum Gasteiger partial charge on any atom is 0.414 e. The predicted molar refractivity (Wildman–Crippen MR) is 144 cm³/mol. The number of hydrogen-bond donors (Lipinski definition) is 3. The van der Waals surface area contributed by atoms with Gasteiger partial charge in [0.05, 0.1) is 24.3 Å². The Labute approximate surface area is 227 Å². The van der Waals surface area contributed by atoms with Gasteiger partial charge in [-0.15, -0.1) is 5.10 Å². The number of carbonyl (C=O) groups is 4. The van der Waals surface area contributed by atoms with E-state index in [4.69, 9.17) is 4.74 Å². The molecule has 0 aliphatic carbocycles. The minimum Gasteiger partial charge on any atom is -0.442 e. The minimum atomic E-state index is -0.674. The lowest BCUT2D eigenvalue weighted by Gasteiger charge is -2.18. The Bertz CT molecular complexity index is 1600. The molecule has 1 atom stereocenters. The summed E-state index contributed by atoms with van der Waals surface area (Å²) in [5.41, 5.74) is 3.05. The van der Waals surface area contributed by atoms with Crippen molar-refractivity contribution in [1.82, 2.24) is 20.7 Å². The highest BCUT2D eigenvalue weighted by atomic mass is 19.1. The molecule has 1 aromatic heterocycles. The maximum absolute atomic E-state index is 15.1. The normalized spacial score (nSPS) is 14.7. The molecule has 0 saturated carbocycles. The molecule has 3 amide bonds. The van der Waals surface area contributed by atoms with E-state index in [1.54, 1.807) is 48.5 Å². The monoisotopic (exact) mass is 544 g/mol. The fourth-order valence-corrected chi connectivity index (χ4v) is 4.53. The van der Waals surface area contributed by atoms with E-state index in [1.165, 1.54) is 24.0 Å². The number of halogens is 1. The molecule has 1 fully saturated rings. The number of nitrogens with one attached hydrogen (secondary N) is 3. The number of aromatic amines is 1. The van der Waals surface area contributed by atoms with Crippen LogP contribution in [-0.2, 0) is 14.3 Å². The van der Waals surface area contributed by atoms with Crippen LogP contribution in [-0.4, -0.2) is 58.3 Å². The van der Waals surface area contributed by atoms with Gasteiger partial charge in [0.1, 0.15) is 17.4 Å². The molecule has 1 saturated heterocycles. The van der Waals surface area contributed by atoms with Gasteiger partial charge in [-0.2, -0.15) is 0 Å². The minimum absolute atomic E-state index is 0.0118. The smallest absolute Gasteiger partial charge is 0.414 e. The van der Waals surface area contributed by atoms with Crippen molar-refractivity contribution in [3.8, 4) is 11.1 Å². The number of anilines is 2. The molecule has 3 N–H and O–H groups in total. The molecule has 4 aromatic rings. The first-order valence-electron chi connectivity index (χ1n) is 12.5. The molecular formula is C28H25FN6O5. The molecule has 11 nitrogen and oxygen atoms in total. The second kappa shape index (κ2) is 11.3. The summed E-state index contributed by atoms with van der Waals surface area (Å²) >= 11 is 0. The average molecular weight is 545 g/mol. The zero-order valence-corrected chi connectivity index (χ0v) is 21.4. The number of benzene rings is 3. The summed E-state index contributed by atoms with van der Waals surface area (Å²) in [5, 5.41) is 15.9. The lowest BCUT2D eigenvalue weighted by atomic mass is 10.0. The van der Waals surface area contributed by atoms with Gasteiger partial charge in [-0.25, -0.2) is 9.18 Å². The first-order valence-corrected chi connectivity index (χ1v) is 12.5. The lowest BCUT2D eigenvalue weighted by Crippen LogP contribution is -2.34. The van der Waals surface area contributed by atoms with Gasteiger partial charge in [0, 0.05) is 42.1 Å².